The lowest BCUT2D eigenvalue weighted by atomic mass is 10.1. The maximum atomic E-state index is 10.9. The zero-order chi connectivity index (χ0) is 14.7. The van der Waals surface area contributed by atoms with Crippen LogP contribution in [0.2, 0.25) is 0 Å². The molecule has 0 amide bonds. The summed E-state index contributed by atoms with van der Waals surface area (Å²) >= 11 is 0. The molecular weight excluding hydrogens is 254 g/mol. The van der Waals surface area contributed by atoms with Gasteiger partial charge in [-0.2, -0.15) is 0 Å². The fourth-order valence-electron chi connectivity index (χ4n) is 2.01. The third kappa shape index (κ3) is 3.06. The predicted octanol–water partition coefficient (Wildman–Crippen LogP) is 3.66. The summed E-state index contributed by atoms with van der Waals surface area (Å²) in [5.74, 6) is 0. The van der Waals surface area contributed by atoms with E-state index in [9.17, 15) is 10.1 Å². The number of nitrogen functional groups attached to an aromatic ring is 1. The Balaban J connectivity index is 2.19. The second-order valence-corrected chi connectivity index (χ2v) is 4.79. The Morgan fingerprint density at radius 2 is 1.85 bits per heavy atom. The van der Waals surface area contributed by atoms with E-state index in [1.54, 1.807) is 19.1 Å². The molecule has 1 unspecified atom stereocenters. The SMILES string of the molecule is Cc1ccc(NC(C)c2ccc(N)cc2)cc1[N+](=O)[O-]. The molecule has 0 radical (unpaired) electrons. The Morgan fingerprint density at radius 1 is 1.20 bits per heavy atom. The minimum absolute atomic E-state index is 0.0397. The van der Waals surface area contributed by atoms with Crippen molar-refractivity contribution in [2.24, 2.45) is 0 Å². The molecule has 0 fully saturated rings. The number of nitrogens with two attached hydrogens (primary N) is 1. The molecule has 0 saturated heterocycles. The highest BCUT2D eigenvalue weighted by atomic mass is 16.6. The maximum absolute atomic E-state index is 10.9. The average molecular weight is 271 g/mol. The molecule has 5 nitrogen and oxygen atoms in total. The van der Waals surface area contributed by atoms with E-state index in [1.165, 1.54) is 0 Å². The highest BCUT2D eigenvalue weighted by Gasteiger charge is 2.12. The van der Waals surface area contributed by atoms with Crippen LogP contribution >= 0.6 is 0 Å². The zero-order valence-electron chi connectivity index (χ0n) is 11.5. The Hall–Kier alpha value is -2.56. The Labute approximate surface area is 117 Å². The van der Waals surface area contributed by atoms with E-state index in [1.807, 2.05) is 37.3 Å². The van der Waals surface area contributed by atoms with Crippen molar-refractivity contribution in [3.63, 3.8) is 0 Å². The molecule has 0 heterocycles. The van der Waals surface area contributed by atoms with Crippen molar-refractivity contribution in [1.29, 1.82) is 0 Å². The third-order valence-corrected chi connectivity index (χ3v) is 3.23. The summed E-state index contributed by atoms with van der Waals surface area (Å²) in [6.07, 6.45) is 0. The zero-order valence-corrected chi connectivity index (χ0v) is 11.5. The van der Waals surface area contributed by atoms with Crippen LogP contribution < -0.4 is 11.1 Å². The second kappa shape index (κ2) is 5.61. The minimum Gasteiger partial charge on any atom is -0.399 e. The van der Waals surface area contributed by atoms with E-state index in [4.69, 9.17) is 5.73 Å². The molecule has 0 aliphatic heterocycles. The normalized spacial score (nSPS) is 11.9. The monoisotopic (exact) mass is 271 g/mol. The Kier molecular flexibility index (Phi) is 3.89. The van der Waals surface area contributed by atoms with E-state index in [0.717, 1.165) is 11.3 Å². The van der Waals surface area contributed by atoms with Gasteiger partial charge in [-0.1, -0.05) is 18.2 Å². The quantitative estimate of drug-likeness (QED) is 0.505. The van der Waals surface area contributed by atoms with Gasteiger partial charge in [0.15, 0.2) is 0 Å². The number of anilines is 2. The summed E-state index contributed by atoms with van der Waals surface area (Å²) in [6.45, 7) is 3.72. The molecule has 0 spiro atoms. The van der Waals surface area contributed by atoms with E-state index < -0.39 is 0 Å². The summed E-state index contributed by atoms with van der Waals surface area (Å²) in [7, 11) is 0. The van der Waals surface area contributed by atoms with Gasteiger partial charge in [-0.3, -0.25) is 10.1 Å². The number of aryl methyl sites for hydroxylation is 1. The highest BCUT2D eigenvalue weighted by Crippen LogP contribution is 2.25. The van der Waals surface area contributed by atoms with E-state index in [-0.39, 0.29) is 16.7 Å². The molecule has 104 valence electrons. The summed E-state index contributed by atoms with van der Waals surface area (Å²) in [5, 5.41) is 14.2. The molecule has 2 rings (SSSR count). The summed E-state index contributed by atoms with van der Waals surface area (Å²) in [4.78, 5) is 10.6. The topological polar surface area (TPSA) is 81.2 Å². The van der Waals surface area contributed by atoms with Crippen LogP contribution in [0.1, 0.15) is 24.1 Å². The van der Waals surface area contributed by atoms with Gasteiger partial charge < -0.3 is 11.1 Å². The van der Waals surface area contributed by atoms with Crippen LogP contribution in [0.4, 0.5) is 17.1 Å². The highest BCUT2D eigenvalue weighted by molar-refractivity contribution is 5.56. The molecule has 0 saturated carbocycles. The Morgan fingerprint density at radius 3 is 2.45 bits per heavy atom. The van der Waals surface area contributed by atoms with Gasteiger partial charge in [0, 0.05) is 29.0 Å². The number of hydrogen-bond acceptors (Lipinski definition) is 4. The number of nitro groups is 1. The van der Waals surface area contributed by atoms with Gasteiger partial charge in [-0.05, 0) is 37.6 Å². The lowest BCUT2D eigenvalue weighted by Crippen LogP contribution is -2.07. The second-order valence-electron chi connectivity index (χ2n) is 4.79. The standard InChI is InChI=1S/C15H17N3O2/c1-10-3-8-14(9-15(10)18(19)20)17-11(2)12-4-6-13(16)7-5-12/h3-9,11,17H,16H2,1-2H3. The number of nitrogens with zero attached hydrogens (tertiary/aromatic N) is 1. The van der Waals surface area contributed by atoms with Crippen LogP contribution in [0.3, 0.4) is 0 Å². The fourth-order valence-corrected chi connectivity index (χ4v) is 2.01. The molecule has 0 aliphatic carbocycles. The molecule has 20 heavy (non-hydrogen) atoms. The number of hydrogen-bond donors (Lipinski definition) is 2. The minimum atomic E-state index is -0.367. The van der Waals surface area contributed by atoms with Crippen molar-refractivity contribution in [3.8, 4) is 0 Å². The van der Waals surface area contributed by atoms with Crippen molar-refractivity contribution in [3.05, 3.63) is 63.7 Å². The molecule has 1 atom stereocenters. The number of benzene rings is 2. The van der Waals surface area contributed by atoms with Crippen molar-refractivity contribution in [2.45, 2.75) is 19.9 Å². The van der Waals surface area contributed by atoms with Crippen LogP contribution in [-0.2, 0) is 0 Å². The van der Waals surface area contributed by atoms with Crippen LogP contribution in [0.5, 0.6) is 0 Å². The van der Waals surface area contributed by atoms with Crippen molar-refractivity contribution in [2.75, 3.05) is 11.1 Å². The Bertz CT molecular complexity index is 624. The third-order valence-electron chi connectivity index (χ3n) is 3.23. The number of rotatable bonds is 4. The van der Waals surface area contributed by atoms with Crippen molar-refractivity contribution < 1.29 is 4.92 Å². The van der Waals surface area contributed by atoms with Crippen LogP contribution in [-0.4, -0.2) is 4.92 Å². The van der Waals surface area contributed by atoms with Crippen molar-refractivity contribution >= 4 is 17.1 Å². The molecular formula is C15H17N3O2. The van der Waals surface area contributed by atoms with E-state index in [0.29, 0.717) is 11.3 Å². The first kappa shape index (κ1) is 13.9. The lowest BCUT2D eigenvalue weighted by Gasteiger charge is -2.16. The first-order chi connectivity index (χ1) is 9.47. The smallest absolute Gasteiger partial charge is 0.274 e. The average Bonchev–Trinajstić information content (AvgIpc) is 2.41. The summed E-state index contributed by atoms with van der Waals surface area (Å²) < 4.78 is 0. The largest absolute Gasteiger partial charge is 0.399 e. The van der Waals surface area contributed by atoms with Gasteiger partial charge in [0.05, 0.1) is 4.92 Å². The molecule has 5 heteroatoms. The molecule has 0 bridgehead atoms. The van der Waals surface area contributed by atoms with Gasteiger partial charge >= 0.3 is 0 Å². The van der Waals surface area contributed by atoms with Gasteiger partial charge in [0.1, 0.15) is 0 Å². The fraction of sp³-hybridized carbons (Fsp3) is 0.200. The first-order valence-corrected chi connectivity index (χ1v) is 6.34. The molecule has 3 N–H and O–H groups in total. The number of nitrogens with one attached hydrogen (secondary N) is 1. The van der Waals surface area contributed by atoms with Gasteiger partial charge in [0.2, 0.25) is 0 Å². The van der Waals surface area contributed by atoms with Crippen LogP contribution in [0.15, 0.2) is 42.5 Å². The summed E-state index contributed by atoms with van der Waals surface area (Å²) in [6, 6.07) is 12.7. The predicted molar refractivity (Wildman–Crippen MR) is 80.7 cm³/mol. The molecule has 2 aromatic carbocycles. The van der Waals surface area contributed by atoms with Crippen LogP contribution in [0, 0.1) is 17.0 Å². The summed E-state index contributed by atoms with van der Waals surface area (Å²) in [5.41, 5.74) is 8.95. The molecule has 2 aromatic rings. The van der Waals surface area contributed by atoms with Crippen molar-refractivity contribution in [1.82, 2.24) is 0 Å². The lowest BCUT2D eigenvalue weighted by molar-refractivity contribution is -0.385. The van der Waals surface area contributed by atoms with E-state index >= 15 is 0 Å². The number of nitro benzene ring substituents is 1. The van der Waals surface area contributed by atoms with Crippen LogP contribution in [0.25, 0.3) is 0 Å². The van der Waals surface area contributed by atoms with Gasteiger partial charge in [-0.25, -0.2) is 0 Å². The first-order valence-electron chi connectivity index (χ1n) is 6.34. The van der Waals surface area contributed by atoms with Gasteiger partial charge in [-0.15, -0.1) is 0 Å². The molecule has 0 aromatic heterocycles. The van der Waals surface area contributed by atoms with Gasteiger partial charge in [0.25, 0.3) is 5.69 Å². The van der Waals surface area contributed by atoms with E-state index in [2.05, 4.69) is 5.32 Å². The maximum Gasteiger partial charge on any atom is 0.274 e. The molecule has 0 aliphatic rings.